The van der Waals surface area contributed by atoms with Crippen molar-refractivity contribution in [2.75, 3.05) is 14.1 Å². The molecule has 0 saturated heterocycles. The highest BCUT2D eigenvalue weighted by Gasteiger charge is 2.17. The Kier molecular flexibility index (Phi) is 3.66. The van der Waals surface area contributed by atoms with Gasteiger partial charge in [-0.1, -0.05) is 39.8 Å². The third-order valence-corrected chi connectivity index (χ3v) is 3.99. The Labute approximate surface area is 108 Å². The van der Waals surface area contributed by atoms with Crippen molar-refractivity contribution in [2.45, 2.75) is 5.25 Å². The largest absolute Gasteiger partial charge is 0.356 e. The number of amidine groups is 1. The van der Waals surface area contributed by atoms with Crippen LogP contribution >= 0.6 is 27.7 Å². The molecule has 1 heterocycles. The molecule has 1 aliphatic heterocycles. The molecule has 84 valence electrons. The summed E-state index contributed by atoms with van der Waals surface area (Å²) in [5.41, 5.74) is 1.24. The SMILES string of the molecule is CN(C)C1=NN=CC(c2ccc(Br)cc2)S1. The first kappa shape index (κ1) is 11.7. The van der Waals surface area contributed by atoms with Crippen LogP contribution in [-0.4, -0.2) is 30.4 Å². The summed E-state index contributed by atoms with van der Waals surface area (Å²) in [6, 6.07) is 8.30. The first-order valence-electron chi connectivity index (χ1n) is 4.87. The van der Waals surface area contributed by atoms with E-state index >= 15 is 0 Å². The molecule has 0 amide bonds. The average molecular weight is 298 g/mol. The fourth-order valence-corrected chi connectivity index (χ4v) is 2.52. The Morgan fingerprint density at radius 2 is 1.94 bits per heavy atom. The van der Waals surface area contributed by atoms with Crippen molar-refractivity contribution in [3.05, 3.63) is 34.3 Å². The monoisotopic (exact) mass is 297 g/mol. The Bertz CT molecular complexity index is 425. The zero-order valence-electron chi connectivity index (χ0n) is 9.09. The third kappa shape index (κ3) is 2.65. The summed E-state index contributed by atoms with van der Waals surface area (Å²) in [5, 5.41) is 9.33. The molecule has 0 bridgehead atoms. The Morgan fingerprint density at radius 3 is 2.56 bits per heavy atom. The molecule has 1 aromatic carbocycles. The normalized spacial score (nSPS) is 19.4. The number of hydrogen-bond donors (Lipinski definition) is 0. The molecule has 5 heteroatoms. The van der Waals surface area contributed by atoms with E-state index < -0.39 is 0 Å². The molecular formula is C11H12BrN3S. The molecule has 0 N–H and O–H groups in total. The maximum absolute atomic E-state index is 4.09. The second-order valence-corrected chi connectivity index (χ2v) is 5.66. The van der Waals surface area contributed by atoms with Crippen LogP contribution in [-0.2, 0) is 0 Å². The molecule has 0 radical (unpaired) electrons. The van der Waals surface area contributed by atoms with Crippen LogP contribution in [0.4, 0.5) is 0 Å². The van der Waals surface area contributed by atoms with Gasteiger partial charge in [-0.2, -0.15) is 5.10 Å². The van der Waals surface area contributed by atoms with Crippen molar-refractivity contribution < 1.29 is 0 Å². The van der Waals surface area contributed by atoms with E-state index in [0.717, 1.165) is 9.64 Å². The summed E-state index contributed by atoms with van der Waals surface area (Å²) in [7, 11) is 3.95. The van der Waals surface area contributed by atoms with Crippen LogP contribution in [0.5, 0.6) is 0 Å². The molecule has 1 atom stereocenters. The Morgan fingerprint density at radius 1 is 1.25 bits per heavy atom. The Balaban J connectivity index is 2.16. The summed E-state index contributed by atoms with van der Waals surface area (Å²) < 4.78 is 1.09. The topological polar surface area (TPSA) is 28.0 Å². The minimum atomic E-state index is 0.253. The quantitative estimate of drug-likeness (QED) is 0.796. The summed E-state index contributed by atoms with van der Waals surface area (Å²) in [6.45, 7) is 0. The minimum absolute atomic E-state index is 0.253. The summed E-state index contributed by atoms with van der Waals surface area (Å²) in [4.78, 5) is 1.98. The smallest absolute Gasteiger partial charge is 0.186 e. The molecule has 0 fully saturated rings. The van der Waals surface area contributed by atoms with E-state index in [4.69, 9.17) is 0 Å². The van der Waals surface area contributed by atoms with Crippen LogP contribution in [0.2, 0.25) is 0 Å². The standard InChI is InChI=1S/C11H12BrN3S/c1-15(2)11-14-13-7-10(16-11)8-3-5-9(12)6-4-8/h3-7,10H,1-2H3. The van der Waals surface area contributed by atoms with Crippen molar-refractivity contribution in [3.8, 4) is 0 Å². The number of benzene rings is 1. The lowest BCUT2D eigenvalue weighted by atomic mass is 10.2. The van der Waals surface area contributed by atoms with Crippen LogP contribution in [0.25, 0.3) is 0 Å². The molecule has 0 spiro atoms. The maximum Gasteiger partial charge on any atom is 0.186 e. The van der Waals surface area contributed by atoms with E-state index in [2.05, 4.69) is 38.3 Å². The lowest BCUT2D eigenvalue weighted by Crippen LogP contribution is -2.21. The van der Waals surface area contributed by atoms with Crippen molar-refractivity contribution in [1.29, 1.82) is 0 Å². The molecule has 16 heavy (non-hydrogen) atoms. The lowest BCUT2D eigenvalue weighted by Gasteiger charge is -2.20. The van der Waals surface area contributed by atoms with E-state index in [9.17, 15) is 0 Å². The van der Waals surface area contributed by atoms with Crippen LogP contribution in [0.1, 0.15) is 10.8 Å². The van der Waals surface area contributed by atoms with Gasteiger partial charge < -0.3 is 4.90 Å². The highest BCUT2D eigenvalue weighted by molar-refractivity contribution is 9.10. The van der Waals surface area contributed by atoms with Gasteiger partial charge in [0.25, 0.3) is 0 Å². The van der Waals surface area contributed by atoms with Gasteiger partial charge in [0.2, 0.25) is 0 Å². The van der Waals surface area contributed by atoms with Gasteiger partial charge in [-0.25, -0.2) is 0 Å². The van der Waals surface area contributed by atoms with Gasteiger partial charge in [-0.15, -0.1) is 5.10 Å². The molecule has 1 unspecified atom stereocenters. The Hall–Kier alpha value is -0.810. The summed E-state index contributed by atoms with van der Waals surface area (Å²) in [5.74, 6) is 0. The van der Waals surface area contributed by atoms with Crippen LogP contribution in [0.3, 0.4) is 0 Å². The zero-order chi connectivity index (χ0) is 11.5. The highest BCUT2D eigenvalue weighted by Crippen LogP contribution is 2.31. The second kappa shape index (κ2) is 5.01. The first-order valence-corrected chi connectivity index (χ1v) is 6.54. The third-order valence-electron chi connectivity index (χ3n) is 2.16. The average Bonchev–Trinajstić information content (AvgIpc) is 2.30. The van der Waals surface area contributed by atoms with Gasteiger partial charge in [0.1, 0.15) is 0 Å². The van der Waals surface area contributed by atoms with E-state index in [1.807, 2.05) is 37.3 Å². The van der Waals surface area contributed by atoms with E-state index in [-0.39, 0.29) is 5.25 Å². The molecule has 1 aliphatic rings. The van der Waals surface area contributed by atoms with Gasteiger partial charge in [0.15, 0.2) is 5.17 Å². The summed E-state index contributed by atoms with van der Waals surface area (Å²) in [6.07, 6.45) is 1.88. The fourth-order valence-electron chi connectivity index (χ4n) is 1.31. The predicted molar refractivity (Wildman–Crippen MR) is 74.1 cm³/mol. The van der Waals surface area contributed by atoms with Gasteiger partial charge >= 0.3 is 0 Å². The van der Waals surface area contributed by atoms with Gasteiger partial charge in [-0.05, 0) is 17.7 Å². The van der Waals surface area contributed by atoms with E-state index in [0.29, 0.717) is 0 Å². The van der Waals surface area contributed by atoms with E-state index in [1.165, 1.54) is 5.56 Å². The van der Waals surface area contributed by atoms with Crippen molar-refractivity contribution in [2.24, 2.45) is 10.2 Å². The fraction of sp³-hybridized carbons (Fsp3) is 0.273. The van der Waals surface area contributed by atoms with E-state index in [1.54, 1.807) is 11.8 Å². The van der Waals surface area contributed by atoms with Crippen LogP contribution in [0.15, 0.2) is 38.9 Å². The zero-order valence-corrected chi connectivity index (χ0v) is 11.5. The van der Waals surface area contributed by atoms with Gasteiger partial charge in [0, 0.05) is 24.8 Å². The van der Waals surface area contributed by atoms with Crippen LogP contribution in [0, 0.1) is 0 Å². The highest BCUT2D eigenvalue weighted by atomic mass is 79.9. The number of hydrogen-bond acceptors (Lipinski definition) is 4. The van der Waals surface area contributed by atoms with Crippen molar-refractivity contribution >= 4 is 39.1 Å². The van der Waals surface area contributed by atoms with Crippen LogP contribution < -0.4 is 0 Å². The predicted octanol–water partition coefficient (Wildman–Crippen LogP) is 3.14. The number of halogens is 1. The first-order chi connectivity index (χ1) is 7.66. The van der Waals surface area contributed by atoms with Crippen molar-refractivity contribution in [3.63, 3.8) is 0 Å². The van der Waals surface area contributed by atoms with Crippen molar-refractivity contribution in [1.82, 2.24) is 4.90 Å². The second-order valence-electron chi connectivity index (χ2n) is 3.63. The molecule has 0 aliphatic carbocycles. The molecule has 3 nitrogen and oxygen atoms in total. The molecular weight excluding hydrogens is 286 g/mol. The molecule has 0 aromatic heterocycles. The number of nitrogens with zero attached hydrogens (tertiary/aromatic N) is 3. The summed E-state index contributed by atoms with van der Waals surface area (Å²) >= 11 is 5.14. The molecule has 0 saturated carbocycles. The maximum atomic E-state index is 4.09. The number of thioether (sulfide) groups is 1. The lowest BCUT2D eigenvalue weighted by molar-refractivity contribution is 0.632. The molecule has 2 rings (SSSR count). The molecule has 1 aromatic rings. The van der Waals surface area contributed by atoms with Gasteiger partial charge in [-0.3, -0.25) is 0 Å². The number of rotatable bonds is 1. The minimum Gasteiger partial charge on any atom is -0.356 e. The van der Waals surface area contributed by atoms with Gasteiger partial charge in [0.05, 0.1) is 5.25 Å².